The second-order valence-electron chi connectivity index (χ2n) is 3.23. The number of nitrogens with one attached hydrogen (secondary N) is 2. The van der Waals surface area contributed by atoms with Crippen LogP contribution in [-0.2, 0) is 10.0 Å². The van der Waals surface area contributed by atoms with E-state index in [2.05, 4.69) is 14.7 Å². The second-order valence-corrected chi connectivity index (χ2v) is 4.88. The van der Waals surface area contributed by atoms with Gasteiger partial charge in [-0.2, -0.15) is 0 Å². The minimum atomic E-state index is -4.00. The van der Waals surface area contributed by atoms with Crippen molar-refractivity contribution in [1.82, 2.24) is 9.97 Å². The molecule has 4 N–H and O–H groups in total. The number of sulfonamides is 1. The highest BCUT2D eigenvalue weighted by molar-refractivity contribution is 7.92. The van der Waals surface area contributed by atoms with Gasteiger partial charge in [-0.05, 0) is 18.2 Å². The number of nitrogen functional groups attached to an aromatic ring is 1. The minimum Gasteiger partial charge on any atom is -0.399 e. The number of hydrogen-bond donors (Lipinski definition) is 3. The van der Waals surface area contributed by atoms with Crippen molar-refractivity contribution in [2.45, 2.75) is 4.90 Å². The van der Waals surface area contributed by atoms with E-state index in [0.717, 1.165) is 12.1 Å². The van der Waals surface area contributed by atoms with E-state index in [0.29, 0.717) is 0 Å². The van der Waals surface area contributed by atoms with Crippen LogP contribution in [0, 0.1) is 5.82 Å². The highest BCUT2D eigenvalue weighted by Crippen LogP contribution is 2.19. The van der Waals surface area contributed by atoms with Gasteiger partial charge in [0.05, 0.1) is 0 Å². The van der Waals surface area contributed by atoms with Crippen LogP contribution in [0.25, 0.3) is 0 Å². The maximum absolute atomic E-state index is 13.4. The lowest BCUT2D eigenvalue weighted by molar-refractivity contribution is 0.570. The van der Waals surface area contributed by atoms with E-state index in [4.69, 9.17) is 5.73 Å². The van der Waals surface area contributed by atoms with Gasteiger partial charge in [-0.3, -0.25) is 0 Å². The summed E-state index contributed by atoms with van der Waals surface area (Å²) in [6, 6.07) is 3.34. The molecule has 1 aromatic heterocycles. The van der Waals surface area contributed by atoms with Gasteiger partial charge in [0.2, 0.25) is 5.95 Å². The van der Waals surface area contributed by atoms with E-state index in [-0.39, 0.29) is 11.6 Å². The molecule has 17 heavy (non-hydrogen) atoms. The normalized spacial score (nSPS) is 11.4. The number of nitrogens with two attached hydrogens (primary N) is 1. The SMILES string of the molecule is Nc1ccc(S(=O)(=O)Nc2ncc[nH]2)c(F)c1. The van der Waals surface area contributed by atoms with Crippen molar-refractivity contribution in [3.05, 3.63) is 36.4 Å². The summed E-state index contributed by atoms with van der Waals surface area (Å²) in [7, 11) is -4.00. The van der Waals surface area contributed by atoms with Gasteiger partial charge in [0, 0.05) is 18.1 Å². The van der Waals surface area contributed by atoms with Crippen molar-refractivity contribution in [3.8, 4) is 0 Å². The molecule has 0 aliphatic carbocycles. The molecule has 0 saturated carbocycles. The van der Waals surface area contributed by atoms with E-state index < -0.39 is 20.7 Å². The third-order valence-corrected chi connectivity index (χ3v) is 3.35. The summed E-state index contributed by atoms with van der Waals surface area (Å²) in [5, 5.41) is 0. The van der Waals surface area contributed by atoms with Crippen LogP contribution in [0.15, 0.2) is 35.5 Å². The summed E-state index contributed by atoms with van der Waals surface area (Å²) in [6.07, 6.45) is 2.81. The standard InChI is InChI=1S/C9H9FN4O2S/c10-7-5-6(11)1-2-8(7)17(15,16)14-9-12-3-4-13-9/h1-5H,11H2,(H2,12,13,14). The molecule has 0 atom stereocenters. The number of benzene rings is 1. The highest BCUT2D eigenvalue weighted by atomic mass is 32.2. The third-order valence-electron chi connectivity index (χ3n) is 1.97. The lowest BCUT2D eigenvalue weighted by Crippen LogP contribution is -2.15. The molecule has 0 aliphatic rings. The average molecular weight is 256 g/mol. The zero-order chi connectivity index (χ0) is 12.5. The second kappa shape index (κ2) is 4.06. The van der Waals surface area contributed by atoms with Gasteiger partial charge >= 0.3 is 0 Å². The molecule has 2 aromatic rings. The van der Waals surface area contributed by atoms with Crippen molar-refractivity contribution in [2.24, 2.45) is 0 Å². The van der Waals surface area contributed by atoms with Crippen molar-refractivity contribution in [3.63, 3.8) is 0 Å². The van der Waals surface area contributed by atoms with Crippen molar-refractivity contribution in [2.75, 3.05) is 10.5 Å². The summed E-state index contributed by atoms with van der Waals surface area (Å²) < 4.78 is 39.1. The molecule has 0 bridgehead atoms. The van der Waals surface area contributed by atoms with Gasteiger partial charge in [-0.15, -0.1) is 0 Å². The Bertz CT molecular complexity index is 624. The molecule has 1 aromatic carbocycles. The average Bonchev–Trinajstić information content (AvgIpc) is 2.68. The number of aromatic nitrogens is 2. The number of anilines is 2. The largest absolute Gasteiger partial charge is 0.399 e. The fourth-order valence-corrected chi connectivity index (χ4v) is 2.28. The Morgan fingerprint density at radius 1 is 1.41 bits per heavy atom. The molecule has 0 spiro atoms. The first-order valence-corrected chi connectivity index (χ1v) is 6.04. The molecule has 1 heterocycles. The first-order chi connectivity index (χ1) is 7.99. The number of rotatable bonds is 3. The first-order valence-electron chi connectivity index (χ1n) is 4.56. The number of aromatic amines is 1. The molecule has 0 aliphatic heterocycles. The van der Waals surface area contributed by atoms with Gasteiger partial charge in [0.25, 0.3) is 10.0 Å². The minimum absolute atomic E-state index is 0.0150. The van der Waals surface area contributed by atoms with E-state index in [1.54, 1.807) is 0 Å². The number of H-pyrrole nitrogens is 1. The first kappa shape index (κ1) is 11.4. The predicted octanol–water partition coefficient (Wildman–Crippen LogP) is 0.932. The van der Waals surface area contributed by atoms with E-state index in [1.807, 2.05) is 0 Å². The monoisotopic (exact) mass is 256 g/mol. The van der Waals surface area contributed by atoms with Gasteiger partial charge in [0.15, 0.2) is 0 Å². The van der Waals surface area contributed by atoms with Gasteiger partial charge in [-0.25, -0.2) is 22.5 Å². The fraction of sp³-hybridized carbons (Fsp3) is 0. The van der Waals surface area contributed by atoms with Crippen LogP contribution in [0.4, 0.5) is 16.0 Å². The maximum atomic E-state index is 13.4. The number of halogens is 1. The molecular weight excluding hydrogens is 247 g/mol. The quantitative estimate of drug-likeness (QED) is 0.711. The Kier molecular flexibility index (Phi) is 2.72. The van der Waals surface area contributed by atoms with E-state index in [1.165, 1.54) is 18.5 Å². The van der Waals surface area contributed by atoms with Crippen molar-refractivity contribution in [1.29, 1.82) is 0 Å². The Hall–Kier alpha value is -2.09. The summed E-state index contributed by atoms with van der Waals surface area (Å²) in [5.74, 6) is -0.898. The molecule has 0 unspecified atom stereocenters. The Labute approximate surface area is 96.7 Å². The van der Waals surface area contributed by atoms with E-state index >= 15 is 0 Å². The highest BCUT2D eigenvalue weighted by Gasteiger charge is 2.19. The molecular formula is C9H9FN4O2S. The molecule has 0 saturated heterocycles. The Morgan fingerprint density at radius 3 is 2.76 bits per heavy atom. The molecule has 6 nitrogen and oxygen atoms in total. The zero-order valence-electron chi connectivity index (χ0n) is 8.51. The molecule has 0 amide bonds. The zero-order valence-corrected chi connectivity index (χ0v) is 9.33. The van der Waals surface area contributed by atoms with Crippen molar-refractivity contribution >= 4 is 21.7 Å². The maximum Gasteiger partial charge on any atom is 0.267 e. The topological polar surface area (TPSA) is 101 Å². The number of nitrogens with zero attached hydrogens (tertiary/aromatic N) is 1. The van der Waals surface area contributed by atoms with Crippen LogP contribution in [-0.4, -0.2) is 18.4 Å². The van der Waals surface area contributed by atoms with Crippen LogP contribution < -0.4 is 10.5 Å². The fourth-order valence-electron chi connectivity index (χ4n) is 1.24. The van der Waals surface area contributed by atoms with Gasteiger partial charge < -0.3 is 10.7 Å². The summed E-state index contributed by atoms with van der Waals surface area (Å²) in [5.41, 5.74) is 5.49. The smallest absolute Gasteiger partial charge is 0.267 e. The van der Waals surface area contributed by atoms with Gasteiger partial charge in [0.1, 0.15) is 10.7 Å². The third kappa shape index (κ3) is 2.36. The Balaban J connectivity index is 2.38. The van der Waals surface area contributed by atoms with E-state index in [9.17, 15) is 12.8 Å². The lowest BCUT2D eigenvalue weighted by Gasteiger charge is -2.06. The Morgan fingerprint density at radius 2 is 2.18 bits per heavy atom. The van der Waals surface area contributed by atoms with Crippen LogP contribution in [0.5, 0.6) is 0 Å². The predicted molar refractivity (Wildman–Crippen MR) is 60.2 cm³/mol. The van der Waals surface area contributed by atoms with Gasteiger partial charge in [-0.1, -0.05) is 0 Å². The summed E-state index contributed by atoms with van der Waals surface area (Å²) in [4.78, 5) is 5.74. The number of hydrogen-bond acceptors (Lipinski definition) is 4. The van der Waals surface area contributed by atoms with Crippen LogP contribution in [0.3, 0.4) is 0 Å². The number of imidazole rings is 1. The molecule has 0 fully saturated rings. The van der Waals surface area contributed by atoms with Crippen molar-refractivity contribution < 1.29 is 12.8 Å². The molecule has 8 heteroatoms. The molecule has 0 radical (unpaired) electrons. The molecule has 90 valence electrons. The van der Waals surface area contributed by atoms with Crippen LogP contribution >= 0.6 is 0 Å². The summed E-state index contributed by atoms with van der Waals surface area (Å²) in [6.45, 7) is 0. The molecule has 2 rings (SSSR count). The lowest BCUT2D eigenvalue weighted by atomic mass is 10.3. The van der Waals surface area contributed by atoms with Crippen LogP contribution in [0.2, 0.25) is 0 Å². The van der Waals surface area contributed by atoms with Crippen LogP contribution in [0.1, 0.15) is 0 Å². The summed E-state index contributed by atoms with van der Waals surface area (Å²) >= 11 is 0.